The molecular weight excluding hydrogens is 532 g/mol. The lowest BCUT2D eigenvalue weighted by Crippen LogP contribution is -2.39. The molecule has 5 rings (SSSR count). The fraction of sp³-hybridized carbons (Fsp3) is 0.517. The molecule has 1 aromatic heterocycles. The predicted molar refractivity (Wildman–Crippen MR) is 156 cm³/mol. The Morgan fingerprint density at radius 3 is 2.41 bits per heavy atom. The number of anilines is 1. The van der Waals surface area contributed by atoms with Gasteiger partial charge in [-0.1, -0.05) is 43.2 Å². The standard InChI is InChI=1S/C29H38N4O4S2/c1-2-23-9-7-10-26-27(23)30-29(38-26)33(18-8-15-31-19-21-37-22-20-31)28(34)24-11-13-25(14-12-24)39(35,36)32-16-5-3-4-6-17-32/h7,9-14H,2-6,8,15-22H2,1H3. The first kappa shape index (κ1) is 28.2. The van der Waals surface area contributed by atoms with Crippen LogP contribution in [-0.4, -0.2) is 81.0 Å². The molecule has 0 atom stereocenters. The molecule has 3 heterocycles. The van der Waals surface area contributed by atoms with Gasteiger partial charge in [-0.2, -0.15) is 4.31 Å². The van der Waals surface area contributed by atoms with E-state index in [1.807, 2.05) is 6.07 Å². The molecule has 0 spiro atoms. The molecule has 0 bridgehead atoms. The Balaban J connectivity index is 1.38. The highest BCUT2D eigenvalue weighted by molar-refractivity contribution is 7.89. The molecule has 1 amide bonds. The quantitative estimate of drug-likeness (QED) is 0.368. The number of aryl methyl sites for hydroxylation is 1. The van der Waals surface area contributed by atoms with Gasteiger partial charge >= 0.3 is 0 Å². The fourth-order valence-corrected chi connectivity index (χ4v) is 7.87. The lowest BCUT2D eigenvalue weighted by molar-refractivity contribution is 0.0376. The van der Waals surface area contributed by atoms with Crippen LogP contribution in [0.15, 0.2) is 47.4 Å². The molecule has 0 radical (unpaired) electrons. The summed E-state index contributed by atoms with van der Waals surface area (Å²) in [5, 5.41) is 0.680. The van der Waals surface area contributed by atoms with E-state index in [-0.39, 0.29) is 10.8 Å². The van der Waals surface area contributed by atoms with Crippen molar-refractivity contribution in [2.45, 2.75) is 50.3 Å². The highest BCUT2D eigenvalue weighted by atomic mass is 32.2. The molecule has 0 unspecified atom stereocenters. The number of nitrogens with zero attached hydrogens (tertiary/aromatic N) is 4. The first-order valence-electron chi connectivity index (χ1n) is 14.1. The van der Waals surface area contributed by atoms with E-state index in [9.17, 15) is 13.2 Å². The second-order valence-corrected chi connectivity index (χ2v) is 13.2. The van der Waals surface area contributed by atoms with E-state index in [1.54, 1.807) is 33.5 Å². The van der Waals surface area contributed by atoms with Gasteiger partial charge < -0.3 is 4.74 Å². The Kier molecular flexibility index (Phi) is 9.29. The monoisotopic (exact) mass is 570 g/mol. The smallest absolute Gasteiger partial charge is 0.260 e. The molecule has 2 aliphatic rings. The number of thiazole rings is 1. The summed E-state index contributed by atoms with van der Waals surface area (Å²) in [5.41, 5.74) is 2.58. The summed E-state index contributed by atoms with van der Waals surface area (Å²) in [7, 11) is -3.57. The molecule has 2 fully saturated rings. The van der Waals surface area contributed by atoms with Crippen LogP contribution in [0.1, 0.15) is 54.9 Å². The molecule has 8 nitrogen and oxygen atoms in total. The molecular formula is C29H38N4O4S2. The van der Waals surface area contributed by atoms with Crippen LogP contribution in [-0.2, 0) is 21.2 Å². The van der Waals surface area contributed by atoms with Crippen LogP contribution in [0.2, 0.25) is 0 Å². The third-order valence-corrected chi connectivity index (χ3v) is 10.6. The maximum Gasteiger partial charge on any atom is 0.260 e. The average Bonchev–Trinajstić information content (AvgIpc) is 3.20. The van der Waals surface area contributed by atoms with Gasteiger partial charge in [0.15, 0.2) is 5.13 Å². The minimum atomic E-state index is -3.57. The number of amides is 1. The van der Waals surface area contributed by atoms with Gasteiger partial charge in [0, 0.05) is 44.8 Å². The molecule has 0 aliphatic carbocycles. The summed E-state index contributed by atoms with van der Waals surface area (Å²) in [5.74, 6) is -0.159. The SMILES string of the molecule is CCc1cccc2sc(N(CCCN3CCOCC3)C(=O)c3ccc(S(=O)(=O)N4CCCCCC4)cc3)nc12. The van der Waals surface area contributed by atoms with E-state index in [4.69, 9.17) is 9.72 Å². The largest absolute Gasteiger partial charge is 0.379 e. The van der Waals surface area contributed by atoms with Crippen LogP contribution in [0.5, 0.6) is 0 Å². The third-order valence-electron chi connectivity index (χ3n) is 7.61. The first-order chi connectivity index (χ1) is 19.0. The molecule has 10 heteroatoms. The van der Waals surface area contributed by atoms with Crippen LogP contribution in [0, 0.1) is 0 Å². The molecule has 0 saturated carbocycles. The second-order valence-electron chi connectivity index (χ2n) is 10.2. The van der Waals surface area contributed by atoms with Crippen LogP contribution in [0.25, 0.3) is 10.2 Å². The van der Waals surface area contributed by atoms with Crippen molar-refractivity contribution in [3.63, 3.8) is 0 Å². The summed E-state index contributed by atoms with van der Waals surface area (Å²) in [6.07, 6.45) is 5.58. The van der Waals surface area contributed by atoms with Gasteiger partial charge in [0.05, 0.1) is 28.3 Å². The van der Waals surface area contributed by atoms with Gasteiger partial charge in [0.1, 0.15) is 0 Å². The van der Waals surface area contributed by atoms with Crippen LogP contribution in [0.4, 0.5) is 5.13 Å². The zero-order valence-electron chi connectivity index (χ0n) is 22.7. The topological polar surface area (TPSA) is 83.0 Å². The number of ether oxygens (including phenoxy) is 1. The normalized spacial score (nSPS) is 17.8. The highest BCUT2D eigenvalue weighted by Crippen LogP contribution is 2.32. The Morgan fingerprint density at radius 1 is 1.00 bits per heavy atom. The van der Waals surface area contributed by atoms with Gasteiger partial charge in [-0.15, -0.1) is 0 Å². The van der Waals surface area contributed by atoms with Crippen molar-refractivity contribution < 1.29 is 17.9 Å². The van der Waals surface area contributed by atoms with Crippen molar-refractivity contribution in [1.29, 1.82) is 0 Å². The zero-order valence-corrected chi connectivity index (χ0v) is 24.3. The maximum atomic E-state index is 13.9. The highest BCUT2D eigenvalue weighted by Gasteiger charge is 2.27. The van der Waals surface area contributed by atoms with Gasteiger partial charge in [-0.05, 0) is 61.6 Å². The summed E-state index contributed by atoms with van der Waals surface area (Å²) < 4.78 is 34.6. The van der Waals surface area contributed by atoms with Crippen molar-refractivity contribution >= 4 is 42.6 Å². The number of hydrogen-bond donors (Lipinski definition) is 0. The Morgan fingerprint density at radius 2 is 1.72 bits per heavy atom. The van der Waals surface area contributed by atoms with E-state index < -0.39 is 10.0 Å². The van der Waals surface area contributed by atoms with Gasteiger partial charge in [0.25, 0.3) is 5.91 Å². The number of para-hydroxylation sites is 1. The number of fused-ring (bicyclic) bond motifs is 1. The zero-order chi connectivity index (χ0) is 27.2. The van der Waals surface area contributed by atoms with Crippen molar-refractivity contribution in [2.24, 2.45) is 0 Å². The average molecular weight is 571 g/mol. The van der Waals surface area contributed by atoms with Crippen molar-refractivity contribution in [3.05, 3.63) is 53.6 Å². The second kappa shape index (κ2) is 12.9. The molecule has 2 saturated heterocycles. The number of hydrogen-bond acceptors (Lipinski definition) is 7. The third kappa shape index (κ3) is 6.52. The summed E-state index contributed by atoms with van der Waals surface area (Å²) >= 11 is 1.53. The first-order valence-corrected chi connectivity index (χ1v) is 16.3. The van der Waals surface area contributed by atoms with E-state index in [1.165, 1.54) is 16.9 Å². The Hall–Kier alpha value is -2.37. The molecule has 210 valence electrons. The summed E-state index contributed by atoms with van der Waals surface area (Å²) in [4.78, 5) is 23.1. The number of sulfonamides is 1. The predicted octanol–water partition coefficient (Wildman–Crippen LogP) is 4.79. The molecule has 39 heavy (non-hydrogen) atoms. The number of benzene rings is 2. The Bertz CT molecular complexity index is 1360. The molecule has 2 aromatic carbocycles. The number of carbonyl (C=O) groups is 1. The summed E-state index contributed by atoms with van der Waals surface area (Å²) in [6.45, 7) is 7.93. The van der Waals surface area contributed by atoms with E-state index in [2.05, 4.69) is 24.0 Å². The van der Waals surface area contributed by atoms with Crippen molar-refractivity contribution in [3.8, 4) is 0 Å². The minimum absolute atomic E-state index is 0.159. The van der Waals surface area contributed by atoms with E-state index >= 15 is 0 Å². The Labute approximate surface area is 235 Å². The van der Waals surface area contributed by atoms with Crippen molar-refractivity contribution in [1.82, 2.24) is 14.2 Å². The van der Waals surface area contributed by atoms with Crippen LogP contribution >= 0.6 is 11.3 Å². The van der Waals surface area contributed by atoms with Crippen LogP contribution < -0.4 is 4.90 Å². The minimum Gasteiger partial charge on any atom is -0.379 e. The van der Waals surface area contributed by atoms with Gasteiger partial charge in [-0.25, -0.2) is 13.4 Å². The number of carbonyl (C=O) groups excluding carboxylic acids is 1. The number of rotatable bonds is 9. The molecule has 3 aromatic rings. The van der Waals surface area contributed by atoms with Gasteiger partial charge in [-0.3, -0.25) is 14.6 Å². The number of aromatic nitrogens is 1. The lowest BCUT2D eigenvalue weighted by atomic mass is 10.1. The summed E-state index contributed by atoms with van der Waals surface area (Å²) in [6, 6.07) is 12.6. The number of morpholine rings is 1. The van der Waals surface area contributed by atoms with Gasteiger partial charge in [0.2, 0.25) is 10.0 Å². The van der Waals surface area contributed by atoms with E-state index in [0.29, 0.717) is 30.3 Å². The van der Waals surface area contributed by atoms with E-state index in [0.717, 1.165) is 81.6 Å². The fourth-order valence-electron chi connectivity index (χ4n) is 5.31. The van der Waals surface area contributed by atoms with Crippen LogP contribution in [0.3, 0.4) is 0 Å². The maximum absolute atomic E-state index is 13.9. The van der Waals surface area contributed by atoms with Crippen molar-refractivity contribution in [2.75, 3.05) is 57.4 Å². The molecule has 2 aliphatic heterocycles. The molecule has 0 N–H and O–H groups in total. The lowest BCUT2D eigenvalue weighted by Gasteiger charge is -2.27.